The van der Waals surface area contributed by atoms with Crippen molar-refractivity contribution in [3.05, 3.63) is 51.6 Å². The molecule has 2 aliphatic rings. The minimum atomic E-state index is 0.0606. The topological polar surface area (TPSA) is 36.4 Å². The highest BCUT2D eigenvalue weighted by Gasteiger charge is 2.31. The van der Waals surface area contributed by atoms with Gasteiger partial charge in [0.1, 0.15) is 5.82 Å². The van der Waals surface area contributed by atoms with E-state index in [2.05, 4.69) is 9.88 Å². The molecule has 0 unspecified atom stereocenters. The standard InChI is InChI=1S/C22H25Cl2N3O/c1-15-12-19(24)14-25-21(15)26-10-7-16(8-11-26)22(28)27-9-3-2-4-17-13-18(23)5-6-20(17)27/h5-6,12-14,16H,2-4,7-11H2,1H3. The first-order valence-corrected chi connectivity index (χ1v) is 10.8. The van der Waals surface area contributed by atoms with Crippen LogP contribution in [0.25, 0.3) is 0 Å². The Bertz CT molecular complexity index is 878. The Morgan fingerprint density at radius 2 is 1.86 bits per heavy atom. The summed E-state index contributed by atoms with van der Waals surface area (Å²) in [6.45, 7) is 4.51. The minimum absolute atomic E-state index is 0.0606. The van der Waals surface area contributed by atoms with Crippen molar-refractivity contribution < 1.29 is 4.79 Å². The first-order valence-electron chi connectivity index (χ1n) is 10.00. The highest BCUT2D eigenvalue weighted by molar-refractivity contribution is 6.31. The molecule has 4 nitrogen and oxygen atoms in total. The van der Waals surface area contributed by atoms with Gasteiger partial charge < -0.3 is 9.80 Å². The summed E-state index contributed by atoms with van der Waals surface area (Å²) < 4.78 is 0. The summed E-state index contributed by atoms with van der Waals surface area (Å²) in [6.07, 6.45) is 6.51. The number of fused-ring (bicyclic) bond motifs is 1. The van der Waals surface area contributed by atoms with Crippen LogP contribution in [-0.2, 0) is 11.2 Å². The molecular formula is C22H25Cl2N3O. The normalized spacial score (nSPS) is 18.0. The van der Waals surface area contributed by atoms with E-state index < -0.39 is 0 Å². The van der Waals surface area contributed by atoms with Gasteiger partial charge in [0.2, 0.25) is 5.91 Å². The molecule has 1 amide bonds. The van der Waals surface area contributed by atoms with Gasteiger partial charge in [-0.3, -0.25) is 4.79 Å². The lowest BCUT2D eigenvalue weighted by Crippen LogP contribution is -2.43. The van der Waals surface area contributed by atoms with Gasteiger partial charge in [-0.2, -0.15) is 0 Å². The molecule has 0 atom stereocenters. The van der Waals surface area contributed by atoms with Gasteiger partial charge in [0.05, 0.1) is 5.02 Å². The summed E-state index contributed by atoms with van der Waals surface area (Å²) in [5.74, 6) is 1.29. The van der Waals surface area contributed by atoms with Gasteiger partial charge in [-0.15, -0.1) is 0 Å². The van der Waals surface area contributed by atoms with Gasteiger partial charge in [0.15, 0.2) is 0 Å². The van der Waals surface area contributed by atoms with Gasteiger partial charge in [-0.1, -0.05) is 23.2 Å². The summed E-state index contributed by atoms with van der Waals surface area (Å²) >= 11 is 12.2. The summed E-state index contributed by atoms with van der Waals surface area (Å²) in [6, 6.07) is 7.86. The summed E-state index contributed by atoms with van der Waals surface area (Å²) in [7, 11) is 0. The van der Waals surface area contributed by atoms with Gasteiger partial charge in [0.25, 0.3) is 0 Å². The van der Waals surface area contributed by atoms with Crippen molar-refractivity contribution in [2.24, 2.45) is 5.92 Å². The fourth-order valence-corrected chi connectivity index (χ4v) is 4.78. The molecule has 3 heterocycles. The molecule has 148 valence electrons. The number of nitrogens with zero attached hydrogens (tertiary/aromatic N) is 3. The predicted octanol–water partition coefficient (Wildman–Crippen LogP) is 5.28. The number of piperidine rings is 1. The zero-order chi connectivity index (χ0) is 19.7. The Morgan fingerprint density at radius 3 is 2.61 bits per heavy atom. The molecular weight excluding hydrogens is 393 g/mol. The molecule has 2 aliphatic heterocycles. The molecule has 0 N–H and O–H groups in total. The second kappa shape index (κ2) is 8.30. The molecule has 6 heteroatoms. The van der Waals surface area contributed by atoms with Crippen LogP contribution in [0.4, 0.5) is 11.5 Å². The van der Waals surface area contributed by atoms with Crippen molar-refractivity contribution in [1.29, 1.82) is 0 Å². The van der Waals surface area contributed by atoms with E-state index in [-0.39, 0.29) is 11.8 Å². The predicted molar refractivity (Wildman–Crippen MR) is 116 cm³/mol. The van der Waals surface area contributed by atoms with Crippen LogP contribution in [0.3, 0.4) is 0 Å². The van der Waals surface area contributed by atoms with Crippen molar-refractivity contribution in [3.63, 3.8) is 0 Å². The number of halogens is 2. The monoisotopic (exact) mass is 417 g/mol. The van der Waals surface area contributed by atoms with Crippen LogP contribution in [-0.4, -0.2) is 30.5 Å². The average Bonchev–Trinajstić information content (AvgIpc) is 2.89. The molecule has 4 rings (SSSR count). The highest BCUT2D eigenvalue weighted by Crippen LogP contribution is 2.32. The zero-order valence-electron chi connectivity index (χ0n) is 16.1. The van der Waals surface area contributed by atoms with E-state index in [0.29, 0.717) is 5.02 Å². The average molecular weight is 418 g/mol. The van der Waals surface area contributed by atoms with Crippen LogP contribution in [0.1, 0.15) is 36.8 Å². The van der Waals surface area contributed by atoms with Crippen molar-refractivity contribution >= 4 is 40.6 Å². The molecule has 1 saturated heterocycles. The van der Waals surface area contributed by atoms with Crippen LogP contribution < -0.4 is 9.80 Å². The van der Waals surface area contributed by atoms with E-state index in [0.717, 1.165) is 73.8 Å². The first kappa shape index (κ1) is 19.5. The molecule has 0 bridgehead atoms. The molecule has 1 fully saturated rings. The lowest BCUT2D eigenvalue weighted by molar-refractivity contribution is -0.123. The Balaban J connectivity index is 1.47. The van der Waals surface area contributed by atoms with Crippen LogP contribution in [0.15, 0.2) is 30.5 Å². The third-order valence-electron chi connectivity index (χ3n) is 5.84. The SMILES string of the molecule is Cc1cc(Cl)cnc1N1CCC(C(=O)N2CCCCc3cc(Cl)ccc32)CC1. The van der Waals surface area contributed by atoms with Crippen LogP contribution in [0.5, 0.6) is 0 Å². The summed E-state index contributed by atoms with van der Waals surface area (Å²) in [5.41, 5.74) is 3.32. The second-order valence-electron chi connectivity index (χ2n) is 7.78. The van der Waals surface area contributed by atoms with Gasteiger partial charge in [0, 0.05) is 42.5 Å². The Labute approximate surface area is 176 Å². The number of benzene rings is 1. The lowest BCUT2D eigenvalue weighted by atomic mass is 9.94. The Hall–Kier alpha value is -1.78. The number of hydrogen-bond donors (Lipinski definition) is 0. The summed E-state index contributed by atoms with van der Waals surface area (Å²) in [5, 5.41) is 1.40. The van der Waals surface area contributed by atoms with Crippen molar-refractivity contribution in [2.75, 3.05) is 29.4 Å². The maximum atomic E-state index is 13.3. The number of pyridine rings is 1. The number of hydrogen-bond acceptors (Lipinski definition) is 3. The largest absolute Gasteiger partial charge is 0.356 e. The highest BCUT2D eigenvalue weighted by atomic mass is 35.5. The molecule has 1 aromatic carbocycles. The fourth-order valence-electron chi connectivity index (χ4n) is 4.38. The lowest BCUT2D eigenvalue weighted by Gasteiger charge is -2.35. The molecule has 0 saturated carbocycles. The van der Waals surface area contributed by atoms with E-state index in [1.165, 1.54) is 5.56 Å². The molecule has 0 aliphatic carbocycles. The number of anilines is 2. The minimum Gasteiger partial charge on any atom is -0.356 e. The molecule has 0 spiro atoms. The maximum absolute atomic E-state index is 13.3. The van der Waals surface area contributed by atoms with Crippen molar-refractivity contribution in [2.45, 2.75) is 39.0 Å². The van der Waals surface area contributed by atoms with E-state index >= 15 is 0 Å². The Morgan fingerprint density at radius 1 is 1.07 bits per heavy atom. The molecule has 28 heavy (non-hydrogen) atoms. The second-order valence-corrected chi connectivity index (χ2v) is 8.65. The summed E-state index contributed by atoms with van der Waals surface area (Å²) in [4.78, 5) is 22.1. The van der Waals surface area contributed by atoms with Crippen LogP contribution >= 0.6 is 23.2 Å². The van der Waals surface area contributed by atoms with Gasteiger partial charge >= 0.3 is 0 Å². The number of amides is 1. The quantitative estimate of drug-likeness (QED) is 0.666. The first-order chi connectivity index (χ1) is 13.5. The van der Waals surface area contributed by atoms with Crippen LogP contribution in [0, 0.1) is 12.8 Å². The van der Waals surface area contributed by atoms with E-state index in [1.807, 2.05) is 36.1 Å². The Kier molecular flexibility index (Phi) is 5.79. The number of rotatable bonds is 2. The van der Waals surface area contributed by atoms with Gasteiger partial charge in [-0.25, -0.2) is 4.98 Å². The number of aromatic nitrogens is 1. The maximum Gasteiger partial charge on any atom is 0.230 e. The van der Waals surface area contributed by atoms with Crippen LogP contribution in [0.2, 0.25) is 10.0 Å². The van der Waals surface area contributed by atoms with E-state index in [9.17, 15) is 4.79 Å². The van der Waals surface area contributed by atoms with Crippen molar-refractivity contribution in [1.82, 2.24) is 4.98 Å². The number of carbonyl (C=O) groups excluding carboxylic acids is 1. The number of aryl methyl sites for hydroxylation is 2. The molecule has 0 radical (unpaired) electrons. The van der Waals surface area contributed by atoms with E-state index in [1.54, 1.807) is 6.20 Å². The third-order valence-corrected chi connectivity index (χ3v) is 6.28. The smallest absolute Gasteiger partial charge is 0.230 e. The van der Waals surface area contributed by atoms with Crippen molar-refractivity contribution in [3.8, 4) is 0 Å². The third kappa shape index (κ3) is 3.99. The van der Waals surface area contributed by atoms with E-state index in [4.69, 9.17) is 23.2 Å². The molecule has 1 aromatic heterocycles. The zero-order valence-corrected chi connectivity index (χ0v) is 17.6. The fraction of sp³-hybridized carbons (Fsp3) is 0.455. The van der Waals surface area contributed by atoms with Gasteiger partial charge in [-0.05, 0) is 74.4 Å². The molecule has 2 aromatic rings. The number of carbonyl (C=O) groups is 1.